The number of methoxy groups -OCH3 is 1. The zero-order valence-electron chi connectivity index (χ0n) is 22.3. The molecule has 6 nitrogen and oxygen atoms in total. The van der Waals surface area contributed by atoms with E-state index >= 15 is 0 Å². The Morgan fingerprint density at radius 1 is 1.16 bits per heavy atom. The fourth-order valence-electron chi connectivity index (χ4n) is 7.40. The van der Waals surface area contributed by atoms with Gasteiger partial charge in [-0.25, -0.2) is 4.79 Å². The molecule has 3 aromatic rings. The van der Waals surface area contributed by atoms with E-state index in [4.69, 9.17) is 4.74 Å². The minimum absolute atomic E-state index is 0.253. The fraction of sp³-hybridized carbons (Fsp3) is 0.516. The lowest BCUT2D eigenvalue weighted by Gasteiger charge is -2.34. The molecule has 37 heavy (non-hydrogen) atoms. The molecule has 0 amide bonds. The van der Waals surface area contributed by atoms with E-state index in [2.05, 4.69) is 52.9 Å². The van der Waals surface area contributed by atoms with E-state index in [1.807, 2.05) is 0 Å². The van der Waals surface area contributed by atoms with Crippen molar-refractivity contribution < 1.29 is 14.6 Å². The second-order valence-electron chi connectivity index (χ2n) is 11.6. The van der Waals surface area contributed by atoms with Gasteiger partial charge < -0.3 is 24.3 Å². The van der Waals surface area contributed by atoms with Crippen molar-refractivity contribution in [2.75, 3.05) is 27.7 Å². The first-order chi connectivity index (χ1) is 18.0. The lowest BCUT2D eigenvalue weighted by Crippen LogP contribution is -2.33. The van der Waals surface area contributed by atoms with Gasteiger partial charge in [0.2, 0.25) is 0 Å². The van der Waals surface area contributed by atoms with Crippen LogP contribution in [0.5, 0.6) is 5.75 Å². The Morgan fingerprint density at radius 2 is 1.97 bits per heavy atom. The van der Waals surface area contributed by atoms with Gasteiger partial charge in [-0.15, -0.1) is 0 Å². The molecular weight excluding hydrogens is 462 g/mol. The largest absolute Gasteiger partial charge is 0.496 e. The van der Waals surface area contributed by atoms with E-state index in [0.717, 1.165) is 47.5 Å². The van der Waals surface area contributed by atoms with Crippen molar-refractivity contribution in [3.05, 3.63) is 51.8 Å². The van der Waals surface area contributed by atoms with Crippen LogP contribution in [-0.2, 0) is 0 Å². The van der Waals surface area contributed by atoms with Crippen LogP contribution in [0.1, 0.15) is 91.2 Å². The maximum Gasteiger partial charge on any atom is 0.337 e. The Morgan fingerprint density at radius 3 is 2.70 bits per heavy atom. The first-order valence-electron chi connectivity index (χ1n) is 14.0. The van der Waals surface area contributed by atoms with E-state index in [1.54, 1.807) is 13.3 Å². The molecule has 0 saturated heterocycles. The minimum Gasteiger partial charge on any atom is -0.496 e. The number of fused-ring (bicyclic) bond motifs is 6. The van der Waals surface area contributed by atoms with E-state index in [0.29, 0.717) is 17.4 Å². The number of hydrogen-bond acceptors (Lipinski definition) is 3. The van der Waals surface area contributed by atoms with E-state index < -0.39 is 5.97 Å². The van der Waals surface area contributed by atoms with Gasteiger partial charge >= 0.3 is 5.97 Å². The summed E-state index contributed by atoms with van der Waals surface area (Å²) >= 11 is 0. The van der Waals surface area contributed by atoms with Gasteiger partial charge in [-0.2, -0.15) is 0 Å². The highest BCUT2D eigenvalue weighted by atomic mass is 16.5. The van der Waals surface area contributed by atoms with Gasteiger partial charge in [0.1, 0.15) is 5.75 Å². The molecule has 6 rings (SSSR count). The highest BCUT2D eigenvalue weighted by Gasteiger charge is 2.36. The number of hydrogen-bond donors (Lipinski definition) is 2. The molecule has 1 aliphatic heterocycles. The van der Waals surface area contributed by atoms with Gasteiger partial charge in [-0.1, -0.05) is 25.3 Å². The first-order valence-corrected chi connectivity index (χ1v) is 14.0. The molecular formula is C31H39N3O3. The number of aromatic amines is 1. The Labute approximate surface area is 218 Å². The van der Waals surface area contributed by atoms with E-state index in [-0.39, 0.29) is 5.92 Å². The molecule has 0 spiro atoms. The quantitative estimate of drug-likeness (QED) is 0.498. The number of ether oxygens (including phenoxy) is 1. The molecule has 2 atom stereocenters. The highest BCUT2D eigenvalue weighted by molar-refractivity contribution is 5.94. The van der Waals surface area contributed by atoms with Gasteiger partial charge in [0.15, 0.2) is 0 Å². The van der Waals surface area contributed by atoms with Crippen molar-refractivity contribution in [2.45, 2.75) is 69.6 Å². The third-order valence-electron chi connectivity index (χ3n) is 9.15. The smallest absolute Gasteiger partial charge is 0.337 e. The number of carboxylic acid groups (broad SMARTS) is 1. The number of carboxylic acids is 1. The second-order valence-corrected chi connectivity index (χ2v) is 11.6. The van der Waals surface area contributed by atoms with E-state index in [9.17, 15) is 9.90 Å². The van der Waals surface area contributed by atoms with Crippen LogP contribution in [0, 0.1) is 5.92 Å². The third kappa shape index (κ3) is 4.10. The summed E-state index contributed by atoms with van der Waals surface area (Å²) in [6, 6.07) is 6.78. The second kappa shape index (κ2) is 9.71. The SMILES string of the molecule is COc1ccc(C2CCCCC2)c2c1cc1n2C=c2c(C(=O)O)c[nH]c2=C2CCCC(CCN(C)C)C21. The lowest BCUT2D eigenvalue weighted by atomic mass is 9.72. The molecule has 6 heteroatoms. The molecule has 0 bridgehead atoms. The van der Waals surface area contributed by atoms with Crippen LogP contribution in [0.25, 0.3) is 22.7 Å². The Hall–Kier alpha value is -2.99. The normalized spacial score (nSPS) is 21.8. The molecule has 196 valence electrons. The average Bonchev–Trinajstić information content (AvgIpc) is 3.46. The first kappa shape index (κ1) is 24.4. The standard InChI is InChI=1S/C31H39N3O3/c1-33(2)15-14-20-10-7-11-22-28(20)26-16-23-27(37-3)13-12-21(19-8-5-4-6-9-19)30(23)34(26)18-25-24(31(35)36)17-32-29(22)25/h12-13,16-20,28,32H,4-11,14-15H2,1-3H3,(H,35,36). The zero-order valence-corrected chi connectivity index (χ0v) is 22.3. The molecule has 3 heterocycles. The van der Waals surface area contributed by atoms with Crippen LogP contribution in [0.2, 0.25) is 0 Å². The van der Waals surface area contributed by atoms with Crippen molar-refractivity contribution >= 4 is 28.6 Å². The van der Waals surface area contributed by atoms with Crippen LogP contribution in [0.3, 0.4) is 0 Å². The maximum atomic E-state index is 12.3. The number of carbonyl (C=O) groups is 1. The minimum atomic E-state index is -0.879. The predicted molar refractivity (Wildman–Crippen MR) is 148 cm³/mol. The highest BCUT2D eigenvalue weighted by Crippen LogP contribution is 2.48. The molecule has 2 unspecified atom stereocenters. The molecule has 2 fully saturated rings. The number of aromatic nitrogens is 2. The Bertz CT molecular complexity index is 1450. The number of nitrogens with zero attached hydrogens (tertiary/aromatic N) is 2. The van der Waals surface area contributed by atoms with Crippen molar-refractivity contribution in [3.8, 4) is 5.75 Å². The summed E-state index contributed by atoms with van der Waals surface area (Å²) in [5.74, 6) is 1.31. The van der Waals surface area contributed by atoms with Crippen LogP contribution in [-0.4, -0.2) is 53.3 Å². The van der Waals surface area contributed by atoms with Crippen molar-refractivity contribution in [3.63, 3.8) is 0 Å². The Kier molecular flexibility index (Phi) is 6.39. The summed E-state index contributed by atoms with van der Waals surface area (Å²) < 4.78 is 8.26. The lowest BCUT2D eigenvalue weighted by molar-refractivity contribution is 0.0696. The Balaban J connectivity index is 1.67. The van der Waals surface area contributed by atoms with Gasteiger partial charge in [0.25, 0.3) is 0 Å². The fourth-order valence-corrected chi connectivity index (χ4v) is 7.40. The monoisotopic (exact) mass is 501 g/mol. The summed E-state index contributed by atoms with van der Waals surface area (Å²) in [5.41, 5.74) is 5.61. The molecule has 3 aliphatic rings. The predicted octanol–water partition coefficient (Wildman–Crippen LogP) is 5.01. The summed E-state index contributed by atoms with van der Waals surface area (Å²) in [7, 11) is 6.05. The number of H-pyrrole nitrogens is 1. The van der Waals surface area contributed by atoms with Crippen molar-refractivity contribution in [1.82, 2.24) is 14.5 Å². The molecule has 2 saturated carbocycles. The molecule has 2 aliphatic carbocycles. The van der Waals surface area contributed by atoms with Crippen molar-refractivity contribution in [1.29, 1.82) is 0 Å². The molecule has 2 aromatic heterocycles. The zero-order chi connectivity index (χ0) is 25.7. The number of nitrogens with one attached hydrogen (secondary N) is 1. The van der Waals surface area contributed by atoms with Crippen LogP contribution in [0.4, 0.5) is 0 Å². The van der Waals surface area contributed by atoms with Crippen LogP contribution < -0.4 is 15.3 Å². The van der Waals surface area contributed by atoms with Gasteiger partial charge in [0.05, 0.1) is 18.2 Å². The van der Waals surface area contributed by atoms with E-state index in [1.165, 1.54) is 60.9 Å². The summed E-state index contributed by atoms with van der Waals surface area (Å²) in [6.07, 6.45) is 14.5. The van der Waals surface area contributed by atoms with Crippen LogP contribution in [0.15, 0.2) is 24.4 Å². The maximum absolute atomic E-state index is 12.3. The van der Waals surface area contributed by atoms with Crippen molar-refractivity contribution in [2.24, 2.45) is 5.92 Å². The number of rotatable bonds is 6. The topological polar surface area (TPSA) is 70.5 Å². The third-order valence-corrected chi connectivity index (χ3v) is 9.15. The number of aromatic carboxylic acids is 1. The summed E-state index contributed by atoms with van der Waals surface area (Å²) in [4.78, 5) is 18.0. The van der Waals surface area contributed by atoms with Gasteiger partial charge in [0, 0.05) is 40.0 Å². The summed E-state index contributed by atoms with van der Waals surface area (Å²) in [6.45, 7) is 1.05. The molecule has 2 N–H and O–H groups in total. The summed E-state index contributed by atoms with van der Waals surface area (Å²) in [5, 5.41) is 13.1. The molecule has 0 radical (unpaired) electrons. The van der Waals surface area contributed by atoms with Gasteiger partial charge in [-0.3, -0.25) is 0 Å². The van der Waals surface area contributed by atoms with Gasteiger partial charge in [-0.05, 0) is 94.3 Å². The number of benzene rings is 1. The average molecular weight is 502 g/mol. The van der Waals surface area contributed by atoms with Crippen LogP contribution >= 0.6 is 0 Å². The molecule has 1 aromatic carbocycles.